The second-order valence-electron chi connectivity index (χ2n) is 4.11. The summed E-state index contributed by atoms with van der Waals surface area (Å²) in [6.07, 6.45) is 0. The van der Waals surface area contributed by atoms with Gasteiger partial charge < -0.3 is 15.7 Å². The van der Waals surface area contributed by atoms with Gasteiger partial charge in [-0.1, -0.05) is 13.8 Å². The Kier molecular flexibility index (Phi) is 4.49. The highest BCUT2D eigenvalue weighted by Crippen LogP contribution is 2.14. The van der Waals surface area contributed by atoms with Gasteiger partial charge in [-0.05, 0) is 12.8 Å². The van der Waals surface area contributed by atoms with Gasteiger partial charge >= 0.3 is 0 Å². The van der Waals surface area contributed by atoms with Crippen molar-refractivity contribution in [3.8, 4) is 0 Å². The minimum atomic E-state index is 0.0130. The summed E-state index contributed by atoms with van der Waals surface area (Å²) in [6.45, 7) is 6.05. The zero-order valence-corrected chi connectivity index (χ0v) is 10.3. The standard InChI is InChI=1S/C11H20N4O/c1-7(2)9(6-16)15-11-5-10(12-4)13-8(3)14-11/h5,7,9,16H,6H2,1-4H3,(H2,12,13,14,15). The van der Waals surface area contributed by atoms with Crippen LogP contribution in [0.3, 0.4) is 0 Å². The van der Waals surface area contributed by atoms with Crippen LogP contribution in [0.25, 0.3) is 0 Å². The van der Waals surface area contributed by atoms with Crippen LogP contribution < -0.4 is 10.6 Å². The Balaban J connectivity index is 2.83. The summed E-state index contributed by atoms with van der Waals surface area (Å²) < 4.78 is 0. The summed E-state index contributed by atoms with van der Waals surface area (Å²) >= 11 is 0. The molecule has 0 fully saturated rings. The number of hydrogen-bond donors (Lipinski definition) is 3. The van der Waals surface area contributed by atoms with Gasteiger partial charge in [0, 0.05) is 13.1 Å². The van der Waals surface area contributed by atoms with Gasteiger partial charge in [0.15, 0.2) is 0 Å². The van der Waals surface area contributed by atoms with Crippen LogP contribution in [0.1, 0.15) is 19.7 Å². The smallest absolute Gasteiger partial charge is 0.132 e. The van der Waals surface area contributed by atoms with Crippen molar-refractivity contribution in [1.82, 2.24) is 9.97 Å². The van der Waals surface area contributed by atoms with E-state index in [0.29, 0.717) is 11.7 Å². The third-order valence-electron chi connectivity index (χ3n) is 2.43. The molecule has 1 aromatic rings. The highest BCUT2D eigenvalue weighted by atomic mass is 16.3. The lowest BCUT2D eigenvalue weighted by atomic mass is 10.1. The van der Waals surface area contributed by atoms with E-state index in [1.165, 1.54) is 0 Å². The Morgan fingerprint density at radius 2 is 1.94 bits per heavy atom. The fraction of sp³-hybridized carbons (Fsp3) is 0.636. The van der Waals surface area contributed by atoms with Crippen LogP contribution in [0.2, 0.25) is 0 Å². The van der Waals surface area contributed by atoms with E-state index in [0.717, 1.165) is 11.6 Å². The molecule has 1 rings (SSSR count). The van der Waals surface area contributed by atoms with Crippen LogP contribution in [0.5, 0.6) is 0 Å². The van der Waals surface area contributed by atoms with E-state index in [-0.39, 0.29) is 12.6 Å². The average molecular weight is 224 g/mol. The maximum atomic E-state index is 9.23. The van der Waals surface area contributed by atoms with Crippen molar-refractivity contribution >= 4 is 11.6 Å². The average Bonchev–Trinajstić information content (AvgIpc) is 2.24. The molecule has 16 heavy (non-hydrogen) atoms. The van der Waals surface area contributed by atoms with Gasteiger partial charge in [-0.15, -0.1) is 0 Å². The number of aromatic nitrogens is 2. The first kappa shape index (κ1) is 12.7. The maximum absolute atomic E-state index is 9.23. The van der Waals surface area contributed by atoms with Crippen LogP contribution in [0, 0.1) is 12.8 Å². The molecule has 0 aromatic carbocycles. The van der Waals surface area contributed by atoms with Gasteiger partial charge in [0.05, 0.1) is 12.6 Å². The normalized spacial score (nSPS) is 12.6. The third-order valence-corrected chi connectivity index (χ3v) is 2.43. The molecule has 0 bridgehead atoms. The zero-order valence-electron chi connectivity index (χ0n) is 10.3. The number of aliphatic hydroxyl groups excluding tert-OH is 1. The van der Waals surface area contributed by atoms with E-state index in [2.05, 4.69) is 34.4 Å². The largest absolute Gasteiger partial charge is 0.394 e. The molecule has 1 unspecified atom stereocenters. The van der Waals surface area contributed by atoms with Crippen LogP contribution in [0.4, 0.5) is 11.6 Å². The molecule has 5 heteroatoms. The third kappa shape index (κ3) is 3.34. The van der Waals surface area contributed by atoms with Crippen molar-refractivity contribution in [3.63, 3.8) is 0 Å². The molecule has 0 amide bonds. The number of aliphatic hydroxyl groups is 1. The van der Waals surface area contributed by atoms with E-state index in [9.17, 15) is 5.11 Å². The minimum Gasteiger partial charge on any atom is -0.394 e. The molecule has 1 heterocycles. The monoisotopic (exact) mass is 224 g/mol. The van der Waals surface area contributed by atoms with Crippen molar-refractivity contribution in [2.75, 3.05) is 24.3 Å². The molecular formula is C11H20N4O. The summed E-state index contributed by atoms with van der Waals surface area (Å²) in [5, 5.41) is 15.4. The maximum Gasteiger partial charge on any atom is 0.132 e. The first-order chi connectivity index (χ1) is 7.56. The molecule has 0 saturated heterocycles. The molecule has 0 radical (unpaired) electrons. The lowest BCUT2D eigenvalue weighted by molar-refractivity contribution is 0.249. The zero-order chi connectivity index (χ0) is 12.1. The van der Waals surface area contributed by atoms with Gasteiger partial charge in [0.2, 0.25) is 0 Å². The summed E-state index contributed by atoms with van der Waals surface area (Å²) in [5.41, 5.74) is 0. The molecule has 3 N–H and O–H groups in total. The Bertz CT molecular complexity index is 341. The van der Waals surface area contributed by atoms with Crippen LogP contribution in [-0.2, 0) is 0 Å². The first-order valence-electron chi connectivity index (χ1n) is 5.47. The number of nitrogens with zero attached hydrogens (tertiary/aromatic N) is 2. The number of rotatable bonds is 5. The van der Waals surface area contributed by atoms with E-state index < -0.39 is 0 Å². The second-order valence-corrected chi connectivity index (χ2v) is 4.11. The van der Waals surface area contributed by atoms with E-state index in [1.807, 2.05) is 20.0 Å². The molecule has 0 aliphatic carbocycles. The van der Waals surface area contributed by atoms with Crippen molar-refractivity contribution < 1.29 is 5.11 Å². The minimum absolute atomic E-state index is 0.0130. The van der Waals surface area contributed by atoms with Crippen LogP contribution in [0.15, 0.2) is 6.07 Å². The van der Waals surface area contributed by atoms with Gasteiger partial charge in [-0.2, -0.15) is 0 Å². The summed E-state index contributed by atoms with van der Waals surface area (Å²) in [5.74, 6) is 2.56. The second kappa shape index (κ2) is 5.65. The predicted octanol–water partition coefficient (Wildman–Crippen LogP) is 1.26. The molecule has 0 aliphatic heterocycles. The fourth-order valence-electron chi connectivity index (χ4n) is 1.38. The molecule has 0 aliphatic rings. The highest BCUT2D eigenvalue weighted by Gasteiger charge is 2.12. The Labute approximate surface area is 96.3 Å². The van der Waals surface area contributed by atoms with Gasteiger partial charge in [-0.25, -0.2) is 9.97 Å². The molecule has 0 saturated carbocycles. The molecule has 5 nitrogen and oxygen atoms in total. The highest BCUT2D eigenvalue weighted by molar-refractivity contribution is 5.47. The fourth-order valence-corrected chi connectivity index (χ4v) is 1.38. The summed E-state index contributed by atoms with van der Waals surface area (Å²) in [4.78, 5) is 8.48. The summed E-state index contributed by atoms with van der Waals surface area (Å²) in [7, 11) is 1.82. The number of nitrogens with one attached hydrogen (secondary N) is 2. The molecule has 90 valence electrons. The molecule has 0 spiro atoms. The Morgan fingerprint density at radius 1 is 1.31 bits per heavy atom. The number of hydrogen-bond acceptors (Lipinski definition) is 5. The SMILES string of the molecule is CNc1cc(NC(CO)C(C)C)nc(C)n1. The summed E-state index contributed by atoms with van der Waals surface area (Å²) in [6, 6.07) is 1.84. The van der Waals surface area contributed by atoms with Gasteiger partial charge in [0.25, 0.3) is 0 Å². The van der Waals surface area contributed by atoms with E-state index >= 15 is 0 Å². The molecule has 1 aromatic heterocycles. The lowest BCUT2D eigenvalue weighted by Crippen LogP contribution is -2.30. The van der Waals surface area contributed by atoms with Crippen molar-refractivity contribution in [2.24, 2.45) is 5.92 Å². The van der Waals surface area contributed by atoms with Crippen molar-refractivity contribution in [2.45, 2.75) is 26.8 Å². The lowest BCUT2D eigenvalue weighted by Gasteiger charge is -2.20. The van der Waals surface area contributed by atoms with E-state index in [1.54, 1.807) is 0 Å². The molecular weight excluding hydrogens is 204 g/mol. The number of anilines is 2. The van der Waals surface area contributed by atoms with Crippen LogP contribution in [-0.4, -0.2) is 34.8 Å². The predicted molar refractivity (Wildman–Crippen MR) is 65.7 cm³/mol. The Morgan fingerprint density at radius 3 is 2.44 bits per heavy atom. The number of aryl methyl sites for hydroxylation is 1. The Hall–Kier alpha value is -1.36. The van der Waals surface area contributed by atoms with Gasteiger partial charge in [-0.3, -0.25) is 0 Å². The van der Waals surface area contributed by atoms with Crippen molar-refractivity contribution in [1.29, 1.82) is 0 Å². The van der Waals surface area contributed by atoms with Crippen LogP contribution >= 0.6 is 0 Å². The topological polar surface area (TPSA) is 70.1 Å². The van der Waals surface area contributed by atoms with Gasteiger partial charge in [0.1, 0.15) is 17.5 Å². The van der Waals surface area contributed by atoms with E-state index in [4.69, 9.17) is 0 Å². The van der Waals surface area contributed by atoms with Crippen molar-refractivity contribution in [3.05, 3.63) is 11.9 Å². The quantitative estimate of drug-likeness (QED) is 0.702. The molecule has 1 atom stereocenters. The first-order valence-corrected chi connectivity index (χ1v) is 5.47.